The van der Waals surface area contributed by atoms with E-state index in [2.05, 4.69) is 19.4 Å². The summed E-state index contributed by atoms with van der Waals surface area (Å²) in [5.74, 6) is -1.09. The van der Waals surface area contributed by atoms with Crippen molar-refractivity contribution in [1.29, 1.82) is 0 Å². The van der Waals surface area contributed by atoms with Crippen LogP contribution in [-0.4, -0.2) is 68.8 Å². The third kappa shape index (κ3) is 6.92. The highest BCUT2D eigenvalue weighted by atomic mass is 35.5. The normalized spacial score (nSPS) is 13.6. The molecule has 1 aromatic carbocycles. The summed E-state index contributed by atoms with van der Waals surface area (Å²) in [6.07, 6.45) is -1.05. The minimum absolute atomic E-state index is 0.0590. The van der Waals surface area contributed by atoms with E-state index in [1.807, 2.05) is 0 Å². The Hall–Kier alpha value is -3.64. The van der Waals surface area contributed by atoms with Crippen LogP contribution < -0.4 is 14.2 Å². The van der Waals surface area contributed by atoms with Crippen molar-refractivity contribution < 1.29 is 47.5 Å². The molecule has 0 aliphatic carbocycles. The van der Waals surface area contributed by atoms with Crippen molar-refractivity contribution >= 4 is 29.5 Å². The zero-order valence-corrected chi connectivity index (χ0v) is 18.9. The molecule has 33 heavy (non-hydrogen) atoms. The van der Waals surface area contributed by atoms with Crippen molar-refractivity contribution in [2.45, 2.75) is 6.29 Å². The van der Waals surface area contributed by atoms with Gasteiger partial charge in [-0.05, 0) is 6.07 Å². The molecule has 0 fully saturated rings. The van der Waals surface area contributed by atoms with Gasteiger partial charge in [0, 0.05) is 5.56 Å². The Labute approximate surface area is 193 Å². The Balaban J connectivity index is 0.000000569. The number of halogens is 1. The fraction of sp³-hybridized carbons (Fsp3) is 0.350. The number of ether oxygens (including phenoxy) is 7. The van der Waals surface area contributed by atoms with Gasteiger partial charge in [-0.25, -0.2) is 9.59 Å². The summed E-state index contributed by atoms with van der Waals surface area (Å²) in [5.41, 5.74) is 0.564. The molecule has 13 heteroatoms. The molecule has 1 aliphatic heterocycles. The molecule has 2 aromatic rings. The van der Waals surface area contributed by atoms with E-state index in [1.54, 1.807) is 18.2 Å². The van der Waals surface area contributed by atoms with Crippen LogP contribution in [0, 0.1) is 0 Å². The van der Waals surface area contributed by atoms with Crippen LogP contribution in [0.5, 0.6) is 23.5 Å². The largest absolute Gasteiger partial charge is 0.481 e. The lowest BCUT2D eigenvalue weighted by atomic mass is 10.1. The van der Waals surface area contributed by atoms with Gasteiger partial charge in [-0.15, -0.1) is 11.6 Å². The van der Waals surface area contributed by atoms with E-state index in [9.17, 15) is 14.4 Å². The molecule has 0 radical (unpaired) electrons. The standard InChI is InChI=1S/C17H16N2O8.C3H5ClO2/c1-22-11-7-12(23-2)19-17(18-11)26-10-6-4-5-9-14(10)15(21)27-16(9)25-8-13(20)24-3;1-6-3(5)2-4/h4-7,16H,8H2,1-3H3;2H2,1H3. The number of fused-ring (bicyclic) bond motifs is 1. The van der Waals surface area contributed by atoms with Gasteiger partial charge in [-0.1, -0.05) is 12.1 Å². The first-order chi connectivity index (χ1) is 15.9. The number of esters is 3. The summed E-state index contributed by atoms with van der Waals surface area (Å²) in [7, 11) is 5.40. The van der Waals surface area contributed by atoms with Crippen molar-refractivity contribution in [2.24, 2.45) is 0 Å². The lowest BCUT2D eigenvalue weighted by Crippen LogP contribution is -2.14. The van der Waals surface area contributed by atoms with Crippen molar-refractivity contribution in [1.82, 2.24) is 9.97 Å². The zero-order chi connectivity index (χ0) is 24.4. The van der Waals surface area contributed by atoms with Gasteiger partial charge in [0.05, 0.1) is 34.5 Å². The second-order valence-electron chi connectivity index (χ2n) is 5.89. The number of nitrogens with zero attached hydrogens (tertiary/aromatic N) is 2. The second-order valence-corrected chi connectivity index (χ2v) is 6.16. The summed E-state index contributed by atoms with van der Waals surface area (Å²) in [4.78, 5) is 41.4. The highest BCUT2D eigenvalue weighted by Gasteiger charge is 2.35. The van der Waals surface area contributed by atoms with E-state index in [4.69, 9.17) is 35.3 Å². The number of methoxy groups -OCH3 is 4. The molecular formula is C20H21ClN2O10. The number of hydrogen-bond acceptors (Lipinski definition) is 12. The monoisotopic (exact) mass is 484 g/mol. The molecule has 0 spiro atoms. The van der Waals surface area contributed by atoms with Crippen LogP contribution in [0.1, 0.15) is 22.2 Å². The number of carbonyl (C=O) groups excluding carboxylic acids is 3. The van der Waals surface area contributed by atoms with Crippen LogP contribution in [0.2, 0.25) is 0 Å². The molecule has 0 amide bonds. The van der Waals surface area contributed by atoms with Crippen molar-refractivity contribution in [2.75, 3.05) is 40.9 Å². The van der Waals surface area contributed by atoms with E-state index in [0.717, 1.165) is 0 Å². The van der Waals surface area contributed by atoms with Gasteiger partial charge >= 0.3 is 23.9 Å². The van der Waals surface area contributed by atoms with Gasteiger partial charge in [-0.2, -0.15) is 9.97 Å². The number of cyclic esters (lactones) is 1. The van der Waals surface area contributed by atoms with Crippen LogP contribution in [0.3, 0.4) is 0 Å². The number of hydrogen-bond donors (Lipinski definition) is 0. The molecule has 1 atom stereocenters. The summed E-state index contributed by atoms with van der Waals surface area (Å²) in [5, 5.41) is 0. The number of aromatic nitrogens is 2. The highest BCUT2D eigenvalue weighted by Crippen LogP contribution is 2.38. The summed E-state index contributed by atoms with van der Waals surface area (Å²) < 4.78 is 34.8. The molecule has 0 saturated heterocycles. The van der Waals surface area contributed by atoms with Gasteiger partial charge in [0.1, 0.15) is 23.8 Å². The SMILES string of the molecule is COC(=O)CCl.COC(=O)COC1OC(=O)c2c(Oc3nc(OC)cc(OC)n3)cccc21. The smallest absolute Gasteiger partial charge is 0.345 e. The molecule has 12 nitrogen and oxygen atoms in total. The Bertz CT molecular complexity index is 973. The van der Waals surface area contributed by atoms with Crippen molar-refractivity contribution in [3.05, 3.63) is 35.4 Å². The van der Waals surface area contributed by atoms with E-state index in [-0.39, 0.29) is 41.6 Å². The van der Waals surface area contributed by atoms with Crippen LogP contribution in [0.15, 0.2) is 24.3 Å². The molecule has 1 aliphatic rings. The predicted octanol–water partition coefficient (Wildman–Crippen LogP) is 2.04. The molecule has 178 valence electrons. The third-order valence-electron chi connectivity index (χ3n) is 3.93. The topological polar surface area (TPSA) is 142 Å². The number of rotatable bonds is 8. The van der Waals surface area contributed by atoms with Gasteiger partial charge in [0.2, 0.25) is 18.1 Å². The molecule has 1 aromatic heterocycles. The minimum Gasteiger partial charge on any atom is -0.481 e. The fourth-order valence-corrected chi connectivity index (χ4v) is 2.49. The van der Waals surface area contributed by atoms with Crippen LogP contribution in [0.25, 0.3) is 0 Å². The fourth-order valence-electron chi connectivity index (χ4n) is 2.39. The third-order valence-corrected chi connectivity index (χ3v) is 4.14. The van der Waals surface area contributed by atoms with Crippen molar-refractivity contribution in [3.8, 4) is 23.5 Å². The first-order valence-corrected chi connectivity index (χ1v) is 9.70. The molecular weight excluding hydrogens is 464 g/mol. The van der Waals surface area contributed by atoms with Gasteiger partial charge in [0.25, 0.3) is 0 Å². The Morgan fingerprint density at radius 3 is 2.18 bits per heavy atom. The van der Waals surface area contributed by atoms with Gasteiger partial charge in [-0.3, -0.25) is 4.79 Å². The molecule has 1 unspecified atom stereocenters. The lowest BCUT2D eigenvalue weighted by molar-refractivity contribution is -0.159. The molecule has 0 saturated carbocycles. The summed E-state index contributed by atoms with van der Waals surface area (Å²) in [6, 6.07) is 6.22. The van der Waals surface area contributed by atoms with Crippen LogP contribution in [0.4, 0.5) is 0 Å². The zero-order valence-electron chi connectivity index (χ0n) is 18.2. The second kappa shape index (κ2) is 12.4. The molecule has 0 N–H and O–H groups in total. The quantitative estimate of drug-likeness (QED) is 0.307. The maximum absolute atomic E-state index is 12.3. The van der Waals surface area contributed by atoms with Crippen molar-refractivity contribution in [3.63, 3.8) is 0 Å². The average Bonchev–Trinajstić information content (AvgIpc) is 3.18. The lowest BCUT2D eigenvalue weighted by Gasteiger charge is -2.11. The summed E-state index contributed by atoms with van der Waals surface area (Å²) >= 11 is 4.98. The average molecular weight is 485 g/mol. The number of alkyl halides is 1. The van der Waals surface area contributed by atoms with E-state index >= 15 is 0 Å². The molecule has 3 rings (SSSR count). The van der Waals surface area contributed by atoms with Crippen LogP contribution in [-0.2, 0) is 28.5 Å². The Morgan fingerprint density at radius 1 is 1.03 bits per heavy atom. The molecule has 2 heterocycles. The highest BCUT2D eigenvalue weighted by molar-refractivity contribution is 6.26. The first kappa shape index (κ1) is 25.6. The summed E-state index contributed by atoms with van der Waals surface area (Å²) in [6.45, 7) is -0.366. The first-order valence-electron chi connectivity index (χ1n) is 9.16. The van der Waals surface area contributed by atoms with Crippen LogP contribution >= 0.6 is 11.6 Å². The maximum Gasteiger partial charge on any atom is 0.345 e. The predicted molar refractivity (Wildman–Crippen MR) is 111 cm³/mol. The van der Waals surface area contributed by atoms with Gasteiger partial charge < -0.3 is 33.2 Å². The molecule has 0 bridgehead atoms. The Morgan fingerprint density at radius 2 is 1.67 bits per heavy atom. The number of carbonyl (C=O) groups is 3. The number of benzene rings is 1. The van der Waals surface area contributed by atoms with E-state index < -0.39 is 24.2 Å². The van der Waals surface area contributed by atoms with E-state index in [1.165, 1.54) is 34.5 Å². The Kier molecular flexibility index (Phi) is 9.63. The van der Waals surface area contributed by atoms with E-state index in [0.29, 0.717) is 5.56 Å². The minimum atomic E-state index is -1.05. The maximum atomic E-state index is 12.3. The van der Waals surface area contributed by atoms with Gasteiger partial charge in [0.15, 0.2) is 0 Å².